The predicted molar refractivity (Wildman–Crippen MR) is 118 cm³/mol. The van der Waals surface area contributed by atoms with Crippen molar-refractivity contribution in [1.82, 2.24) is 9.80 Å². The van der Waals surface area contributed by atoms with Gasteiger partial charge in [0.25, 0.3) is 11.8 Å². The Labute approximate surface area is 191 Å². The fraction of sp³-hybridized carbons (Fsp3) is 0.783. The van der Waals surface area contributed by atoms with Crippen LogP contribution in [0.15, 0.2) is 12.2 Å². The van der Waals surface area contributed by atoms with Gasteiger partial charge in [0, 0.05) is 25.2 Å². The Bertz CT molecular complexity index is 627. The van der Waals surface area contributed by atoms with E-state index in [0.29, 0.717) is 58.6 Å². The van der Waals surface area contributed by atoms with Crippen molar-refractivity contribution < 1.29 is 33.3 Å². The monoisotopic (exact) mass is 454 g/mol. The molecule has 3 amide bonds. The van der Waals surface area contributed by atoms with Crippen LogP contribution < -0.4 is 0 Å². The zero-order chi connectivity index (χ0) is 23.4. The van der Waals surface area contributed by atoms with Gasteiger partial charge in [-0.15, -0.1) is 0 Å². The number of likely N-dealkylation sites (tertiary alicyclic amines) is 1. The smallest absolute Gasteiger partial charge is 0.253 e. The van der Waals surface area contributed by atoms with Gasteiger partial charge in [-0.1, -0.05) is 20.8 Å². The Hall–Kier alpha value is -1.81. The molecule has 2 aliphatic rings. The number of rotatable bonds is 15. The number of nitrogens with zero attached hydrogens (tertiary/aromatic N) is 2. The first-order chi connectivity index (χ1) is 15.3. The second-order valence-electron chi connectivity index (χ2n) is 9.05. The van der Waals surface area contributed by atoms with Gasteiger partial charge in [-0.25, -0.2) is 0 Å². The summed E-state index contributed by atoms with van der Waals surface area (Å²) in [4.78, 5) is 38.1. The highest BCUT2D eigenvalue weighted by atomic mass is 16.6. The van der Waals surface area contributed by atoms with Crippen molar-refractivity contribution in [3.05, 3.63) is 12.2 Å². The third-order valence-corrected chi connectivity index (χ3v) is 5.70. The molecule has 0 N–H and O–H groups in total. The van der Waals surface area contributed by atoms with Gasteiger partial charge in [-0.3, -0.25) is 19.3 Å². The van der Waals surface area contributed by atoms with E-state index in [4.69, 9.17) is 18.9 Å². The Morgan fingerprint density at radius 2 is 1.38 bits per heavy atom. The molecule has 0 saturated carbocycles. The van der Waals surface area contributed by atoms with Gasteiger partial charge in [-0.05, 0) is 17.8 Å². The third-order valence-electron chi connectivity index (χ3n) is 5.70. The quantitative estimate of drug-likeness (QED) is 0.272. The summed E-state index contributed by atoms with van der Waals surface area (Å²) in [5.74, 6) is 0.133. The Balaban J connectivity index is 1.32. The summed E-state index contributed by atoms with van der Waals surface area (Å²) >= 11 is 0. The lowest BCUT2D eigenvalue weighted by Crippen LogP contribution is -2.33. The molecule has 2 heterocycles. The molecule has 182 valence electrons. The van der Waals surface area contributed by atoms with Crippen LogP contribution >= 0.6 is 0 Å². The minimum absolute atomic E-state index is 0.170. The summed E-state index contributed by atoms with van der Waals surface area (Å²) in [6, 6.07) is 0. The first-order valence-electron chi connectivity index (χ1n) is 11.4. The number of amides is 3. The van der Waals surface area contributed by atoms with E-state index in [1.165, 1.54) is 12.2 Å². The van der Waals surface area contributed by atoms with Crippen LogP contribution in [0.3, 0.4) is 0 Å². The molecule has 1 saturated heterocycles. The van der Waals surface area contributed by atoms with Gasteiger partial charge in [-0.2, -0.15) is 0 Å². The van der Waals surface area contributed by atoms with Crippen molar-refractivity contribution in [1.29, 1.82) is 0 Å². The minimum Gasteiger partial charge on any atom is -0.379 e. The fourth-order valence-electron chi connectivity index (χ4n) is 3.58. The number of hydrogen-bond donors (Lipinski definition) is 0. The summed E-state index contributed by atoms with van der Waals surface area (Å²) in [6.07, 6.45) is 4.01. The average Bonchev–Trinajstić information content (AvgIpc) is 3.36. The molecule has 0 aromatic rings. The summed E-state index contributed by atoms with van der Waals surface area (Å²) in [6.45, 7) is 11.9. The van der Waals surface area contributed by atoms with Crippen LogP contribution in [0.2, 0.25) is 0 Å². The minimum atomic E-state index is -0.302. The first kappa shape index (κ1) is 26.4. The molecule has 1 atom stereocenters. The highest BCUT2D eigenvalue weighted by Gasteiger charge is 2.33. The zero-order valence-electron chi connectivity index (χ0n) is 19.7. The first-order valence-corrected chi connectivity index (χ1v) is 11.4. The van der Waals surface area contributed by atoms with Crippen LogP contribution in [0, 0.1) is 11.3 Å². The predicted octanol–water partition coefficient (Wildman–Crippen LogP) is 1.26. The van der Waals surface area contributed by atoms with Crippen molar-refractivity contribution >= 4 is 17.7 Å². The molecular formula is C23H38N2O7. The van der Waals surface area contributed by atoms with E-state index in [1.54, 1.807) is 0 Å². The highest BCUT2D eigenvalue weighted by molar-refractivity contribution is 6.12. The molecule has 9 nitrogen and oxygen atoms in total. The molecule has 1 fully saturated rings. The van der Waals surface area contributed by atoms with Gasteiger partial charge in [0.2, 0.25) is 5.91 Å². The van der Waals surface area contributed by atoms with E-state index in [1.807, 2.05) is 4.90 Å². The lowest BCUT2D eigenvalue weighted by Gasteiger charge is -2.27. The number of imide groups is 1. The van der Waals surface area contributed by atoms with E-state index >= 15 is 0 Å². The van der Waals surface area contributed by atoms with E-state index in [0.717, 1.165) is 24.4 Å². The summed E-state index contributed by atoms with van der Waals surface area (Å²) in [7, 11) is 0. The number of carbonyl (C=O) groups is 3. The van der Waals surface area contributed by atoms with E-state index in [-0.39, 0.29) is 36.3 Å². The van der Waals surface area contributed by atoms with Gasteiger partial charge >= 0.3 is 0 Å². The largest absolute Gasteiger partial charge is 0.379 e. The van der Waals surface area contributed by atoms with E-state index < -0.39 is 0 Å². The van der Waals surface area contributed by atoms with Gasteiger partial charge in [0.05, 0.1) is 65.8 Å². The molecule has 2 aliphatic heterocycles. The normalized spacial score (nSPS) is 18.9. The maximum Gasteiger partial charge on any atom is 0.253 e. The van der Waals surface area contributed by atoms with Crippen molar-refractivity contribution in [2.75, 3.05) is 72.5 Å². The fourth-order valence-corrected chi connectivity index (χ4v) is 3.58. The van der Waals surface area contributed by atoms with Crippen molar-refractivity contribution in [2.24, 2.45) is 11.3 Å². The van der Waals surface area contributed by atoms with Crippen molar-refractivity contribution in [2.45, 2.75) is 33.6 Å². The molecule has 0 bridgehead atoms. The standard InChI is InChI=1S/C23H38N2O7/c1-23(2,3)19-6-8-24(18-19)20(26)7-10-29-12-14-31-16-17-32-15-13-30-11-9-25-21(27)4-5-22(25)28/h4-5,19H,6-18H2,1-3H3/t19-/m1/s1. The molecule has 0 spiro atoms. The van der Waals surface area contributed by atoms with Crippen molar-refractivity contribution in [3.8, 4) is 0 Å². The SMILES string of the molecule is CC(C)(C)[C@@H]1CCN(C(=O)CCOCCOCCOCCOCCN2C(=O)C=CC2=O)C1. The molecule has 0 radical (unpaired) electrons. The summed E-state index contributed by atoms with van der Waals surface area (Å²) < 4.78 is 21.7. The van der Waals surface area contributed by atoms with Crippen molar-refractivity contribution in [3.63, 3.8) is 0 Å². The maximum atomic E-state index is 12.3. The van der Waals surface area contributed by atoms with Crippen LogP contribution in [0.5, 0.6) is 0 Å². The van der Waals surface area contributed by atoms with E-state index in [2.05, 4.69) is 20.8 Å². The zero-order valence-corrected chi connectivity index (χ0v) is 19.7. The topological polar surface area (TPSA) is 94.6 Å². The van der Waals surface area contributed by atoms with Gasteiger partial charge < -0.3 is 23.8 Å². The second kappa shape index (κ2) is 13.7. The lowest BCUT2D eigenvalue weighted by molar-refractivity contribution is -0.137. The highest BCUT2D eigenvalue weighted by Crippen LogP contribution is 2.33. The number of carbonyl (C=O) groups excluding carboxylic acids is 3. The second-order valence-corrected chi connectivity index (χ2v) is 9.05. The molecular weight excluding hydrogens is 416 g/mol. The maximum absolute atomic E-state index is 12.3. The number of ether oxygens (including phenoxy) is 4. The summed E-state index contributed by atoms with van der Waals surface area (Å²) in [5, 5.41) is 0. The molecule has 9 heteroatoms. The third kappa shape index (κ3) is 9.36. The van der Waals surface area contributed by atoms with Crippen LogP contribution in [-0.2, 0) is 33.3 Å². The molecule has 0 aromatic heterocycles. The van der Waals surface area contributed by atoms with E-state index in [9.17, 15) is 14.4 Å². The van der Waals surface area contributed by atoms with Crippen LogP contribution in [-0.4, -0.2) is 100 Å². The molecule has 32 heavy (non-hydrogen) atoms. The lowest BCUT2D eigenvalue weighted by atomic mass is 9.80. The molecule has 0 unspecified atom stereocenters. The number of hydrogen-bond acceptors (Lipinski definition) is 7. The van der Waals surface area contributed by atoms with Crippen LogP contribution in [0.1, 0.15) is 33.6 Å². The van der Waals surface area contributed by atoms with Gasteiger partial charge in [0.15, 0.2) is 0 Å². The average molecular weight is 455 g/mol. The van der Waals surface area contributed by atoms with Crippen LogP contribution in [0.4, 0.5) is 0 Å². The van der Waals surface area contributed by atoms with Gasteiger partial charge in [0.1, 0.15) is 0 Å². The molecule has 0 aliphatic carbocycles. The Morgan fingerprint density at radius 3 is 1.88 bits per heavy atom. The molecule has 0 aromatic carbocycles. The molecule has 2 rings (SSSR count). The Kier molecular flexibility index (Phi) is 11.3. The summed E-state index contributed by atoms with van der Waals surface area (Å²) in [5.41, 5.74) is 0.244. The van der Waals surface area contributed by atoms with Crippen LogP contribution in [0.25, 0.3) is 0 Å². The Morgan fingerprint density at radius 1 is 0.875 bits per heavy atom.